The third-order valence-corrected chi connectivity index (χ3v) is 5.29. The van der Waals surface area contributed by atoms with Crippen molar-refractivity contribution in [3.8, 4) is 0 Å². The fourth-order valence-electron chi connectivity index (χ4n) is 2.19. The highest BCUT2D eigenvalue weighted by molar-refractivity contribution is 7.89. The zero-order valence-electron chi connectivity index (χ0n) is 12.4. The number of pyridine rings is 1. The smallest absolute Gasteiger partial charge is 0.244 e. The summed E-state index contributed by atoms with van der Waals surface area (Å²) in [5, 5.41) is 3.27. The van der Waals surface area contributed by atoms with E-state index < -0.39 is 15.6 Å². The summed E-state index contributed by atoms with van der Waals surface area (Å²) in [5.74, 6) is 0.487. The largest absolute Gasteiger partial charge is 0.373 e. The van der Waals surface area contributed by atoms with Crippen LogP contribution in [0.1, 0.15) is 20.8 Å². The van der Waals surface area contributed by atoms with E-state index in [1.54, 1.807) is 0 Å². The number of aromatic nitrogens is 1. The van der Waals surface area contributed by atoms with E-state index in [-0.39, 0.29) is 4.90 Å². The van der Waals surface area contributed by atoms with Crippen LogP contribution in [0.5, 0.6) is 0 Å². The number of sulfonamides is 1. The number of rotatable bonds is 4. The number of nitrogens with one attached hydrogen (secondary N) is 1. The second-order valence-electron chi connectivity index (χ2n) is 5.48. The van der Waals surface area contributed by atoms with Gasteiger partial charge in [0.2, 0.25) is 10.0 Å². The van der Waals surface area contributed by atoms with Crippen LogP contribution in [0, 0.1) is 0 Å². The Balaban J connectivity index is 2.29. The van der Waals surface area contributed by atoms with Crippen LogP contribution in [-0.4, -0.2) is 49.5 Å². The van der Waals surface area contributed by atoms with Gasteiger partial charge in [0.15, 0.2) is 0 Å². The van der Waals surface area contributed by atoms with E-state index in [0.717, 1.165) is 0 Å². The number of hydrogen-bond acceptors (Lipinski definition) is 5. The molecule has 0 atom stereocenters. The van der Waals surface area contributed by atoms with E-state index in [1.165, 1.54) is 16.6 Å². The van der Waals surface area contributed by atoms with Crippen molar-refractivity contribution in [3.05, 3.63) is 17.3 Å². The van der Waals surface area contributed by atoms with Crippen LogP contribution in [0.15, 0.2) is 17.2 Å². The molecular weight excluding hydrogens is 314 g/mol. The van der Waals surface area contributed by atoms with Crippen molar-refractivity contribution >= 4 is 27.4 Å². The average molecular weight is 334 g/mol. The summed E-state index contributed by atoms with van der Waals surface area (Å²) >= 11 is 6.08. The van der Waals surface area contributed by atoms with Crippen molar-refractivity contribution in [1.29, 1.82) is 0 Å². The molecule has 0 aromatic carbocycles. The molecule has 21 heavy (non-hydrogen) atoms. The molecule has 1 aliphatic rings. The van der Waals surface area contributed by atoms with Crippen LogP contribution in [0.4, 0.5) is 5.82 Å². The minimum atomic E-state index is -3.61. The Hall–Kier alpha value is -0.890. The normalized spacial score (nSPS) is 19.4. The van der Waals surface area contributed by atoms with E-state index in [2.05, 4.69) is 10.3 Å². The molecule has 1 aromatic rings. The molecule has 6 nitrogen and oxygen atoms in total. The number of ether oxygens (including phenoxy) is 1. The van der Waals surface area contributed by atoms with Gasteiger partial charge in [-0.25, -0.2) is 13.4 Å². The van der Waals surface area contributed by atoms with Crippen molar-refractivity contribution in [1.82, 2.24) is 9.29 Å². The first-order valence-electron chi connectivity index (χ1n) is 6.80. The van der Waals surface area contributed by atoms with Crippen molar-refractivity contribution < 1.29 is 13.2 Å². The van der Waals surface area contributed by atoms with Gasteiger partial charge in [-0.3, -0.25) is 0 Å². The Kier molecular flexibility index (Phi) is 4.77. The maximum absolute atomic E-state index is 12.6. The molecule has 1 fully saturated rings. The summed E-state index contributed by atoms with van der Waals surface area (Å²) < 4.78 is 32.3. The maximum atomic E-state index is 12.6. The van der Waals surface area contributed by atoms with Crippen molar-refractivity contribution in [3.63, 3.8) is 0 Å². The van der Waals surface area contributed by atoms with Gasteiger partial charge in [0.1, 0.15) is 10.7 Å². The summed E-state index contributed by atoms with van der Waals surface area (Å²) in [4.78, 5) is 4.19. The van der Waals surface area contributed by atoms with Gasteiger partial charge in [0.05, 0.1) is 17.2 Å². The summed E-state index contributed by atoms with van der Waals surface area (Å²) in [6, 6.07) is 1.43. The standard InChI is InChI=1S/C13H20ClN3O3S/c1-4-15-12-11(14)7-10(8-16-12)21(18,19)17-5-6-20-13(2,3)9-17/h7-8H,4-6,9H2,1-3H3,(H,15,16). The number of morpholine rings is 1. The Bertz CT molecular complexity index is 619. The number of hydrogen-bond donors (Lipinski definition) is 1. The van der Waals surface area contributed by atoms with Gasteiger partial charge in [0.25, 0.3) is 0 Å². The molecule has 2 rings (SSSR count). The fourth-order valence-corrected chi connectivity index (χ4v) is 4.03. The minimum absolute atomic E-state index is 0.104. The Morgan fingerprint density at radius 2 is 2.24 bits per heavy atom. The molecule has 118 valence electrons. The zero-order chi connectivity index (χ0) is 15.7. The maximum Gasteiger partial charge on any atom is 0.244 e. The topological polar surface area (TPSA) is 71.5 Å². The summed E-state index contributed by atoms with van der Waals surface area (Å²) in [6.07, 6.45) is 1.33. The lowest BCUT2D eigenvalue weighted by Gasteiger charge is -2.37. The van der Waals surface area contributed by atoms with Gasteiger partial charge >= 0.3 is 0 Å². The van der Waals surface area contributed by atoms with Crippen LogP contribution >= 0.6 is 11.6 Å². The zero-order valence-corrected chi connectivity index (χ0v) is 14.0. The molecule has 0 radical (unpaired) electrons. The molecule has 0 spiro atoms. The van der Waals surface area contributed by atoms with Crippen molar-refractivity contribution in [2.75, 3.05) is 31.6 Å². The molecular formula is C13H20ClN3O3S. The van der Waals surface area contributed by atoms with Crippen LogP contribution in [-0.2, 0) is 14.8 Å². The van der Waals surface area contributed by atoms with E-state index >= 15 is 0 Å². The second kappa shape index (κ2) is 6.08. The van der Waals surface area contributed by atoms with Gasteiger partial charge in [0, 0.05) is 25.8 Å². The molecule has 0 aliphatic carbocycles. The van der Waals surface area contributed by atoms with E-state index in [0.29, 0.717) is 37.1 Å². The third-order valence-electron chi connectivity index (χ3n) is 3.19. The Morgan fingerprint density at radius 3 is 2.81 bits per heavy atom. The van der Waals surface area contributed by atoms with Crippen LogP contribution < -0.4 is 5.32 Å². The number of anilines is 1. The van der Waals surface area contributed by atoms with Crippen LogP contribution in [0.2, 0.25) is 5.02 Å². The lowest BCUT2D eigenvalue weighted by molar-refractivity contribution is -0.0640. The van der Waals surface area contributed by atoms with Gasteiger partial charge in [-0.15, -0.1) is 0 Å². The highest BCUT2D eigenvalue weighted by Gasteiger charge is 2.35. The lowest BCUT2D eigenvalue weighted by atomic mass is 10.1. The molecule has 0 saturated carbocycles. The quantitative estimate of drug-likeness (QED) is 0.912. The monoisotopic (exact) mass is 333 g/mol. The average Bonchev–Trinajstić information content (AvgIpc) is 2.40. The van der Waals surface area contributed by atoms with Gasteiger partial charge in [-0.2, -0.15) is 4.31 Å². The van der Waals surface area contributed by atoms with E-state index in [4.69, 9.17) is 16.3 Å². The van der Waals surface area contributed by atoms with Crippen LogP contribution in [0.25, 0.3) is 0 Å². The molecule has 0 bridgehead atoms. The lowest BCUT2D eigenvalue weighted by Crippen LogP contribution is -2.50. The number of nitrogens with zero attached hydrogens (tertiary/aromatic N) is 2. The highest BCUT2D eigenvalue weighted by atomic mass is 35.5. The Labute approximate surface area is 130 Å². The molecule has 1 N–H and O–H groups in total. The molecule has 0 unspecified atom stereocenters. The molecule has 1 aromatic heterocycles. The van der Waals surface area contributed by atoms with Gasteiger partial charge < -0.3 is 10.1 Å². The predicted octanol–water partition coefficient (Wildman–Crippen LogP) is 1.97. The third kappa shape index (κ3) is 3.66. The Morgan fingerprint density at radius 1 is 1.52 bits per heavy atom. The van der Waals surface area contributed by atoms with Crippen molar-refractivity contribution in [2.45, 2.75) is 31.3 Å². The van der Waals surface area contributed by atoms with Gasteiger partial charge in [-0.05, 0) is 26.8 Å². The van der Waals surface area contributed by atoms with E-state index in [1.807, 2.05) is 20.8 Å². The molecule has 0 amide bonds. The number of halogens is 1. The fraction of sp³-hybridized carbons (Fsp3) is 0.615. The summed E-state index contributed by atoms with van der Waals surface area (Å²) in [6.45, 7) is 7.33. The SMILES string of the molecule is CCNc1ncc(S(=O)(=O)N2CCOC(C)(C)C2)cc1Cl. The van der Waals surface area contributed by atoms with Crippen LogP contribution in [0.3, 0.4) is 0 Å². The van der Waals surface area contributed by atoms with Gasteiger partial charge in [-0.1, -0.05) is 11.6 Å². The molecule has 1 saturated heterocycles. The second-order valence-corrected chi connectivity index (χ2v) is 7.82. The predicted molar refractivity (Wildman–Crippen MR) is 82.2 cm³/mol. The molecule has 8 heteroatoms. The summed E-state index contributed by atoms with van der Waals surface area (Å²) in [5.41, 5.74) is -0.494. The van der Waals surface area contributed by atoms with Crippen molar-refractivity contribution in [2.24, 2.45) is 0 Å². The van der Waals surface area contributed by atoms with E-state index in [9.17, 15) is 8.42 Å². The minimum Gasteiger partial charge on any atom is -0.373 e. The highest BCUT2D eigenvalue weighted by Crippen LogP contribution is 2.27. The first-order chi connectivity index (χ1) is 9.76. The first-order valence-corrected chi connectivity index (χ1v) is 8.61. The summed E-state index contributed by atoms with van der Waals surface area (Å²) in [7, 11) is -3.61. The molecule has 2 heterocycles. The first kappa shape index (κ1) is 16.5. The molecule has 1 aliphatic heterocycles.